The number of rotatable bonds is 3. The first kappa shape index (κ1) is 16.0. The van der Waals surface area contributed by atoms with E-state index in [0.717, 1.165) is 16.8 Å². The zero-order valence-corrected chi connectivity index (χ0v) is 13.9. The van der Waals surface area contributed by atoms with Gasteiger partial charge in [-0.05, 0) is 31.5 Å². The van der Waals surface area contributed by atoms with Crippen LogP contribution in [0.5, 0.6) is 0 Å². The Bertz CT molecular complexity index is 810. The standard InChI is InChI=1S/C20H20N2O2/c1-14-8-9-17(15(2)12-14)19(23)13-18-20(24)22(11-10-21-18)16-6-4-3-5-7-16/h3-9,12-13,21H,10-11H2,1-2H3/b18-13+. The number of piperazine rings is 1. The average molecular weight is 320 g/mol. The number of para-hydroxylation sites is 1. The first-order valence-electron chi connectivity index (χ1n) is 8.00. The van der Waals surface area contributed by atoms with E-state index >= 15 is 0 Å². The Labute approximate surface area is 141 Å². The van der Waals surface area contributed by atoms with Crippen molar-refractivity contribution in [3.63, 3.8) is 0 Å². The molecule has 0 unspecified atom stereocenters. The number of benzene rings is 2. The summed E-state index contributed by atoms with van der Waals surface area (Å²) in [7, 11) is 0. The van der Waals surface area contributed by atoms with Crippen LogP contribution in [0.1, 0.15) is 21.5 Å². The lowest BCUT2D eigenvalue weighted by molar-refractivity contribution is -0.116. The summed E-state index contributed by atoms with van der Waals surface area (Å²) in [6, 6.07) is 15.2. The van der Waals surface area contributed by atoms with Gasteiger partial charge in [0.25, 0.3) is 5.91 Å². The molecule has 1 aliphatic rings. The van der Waals surface area contributed by atoms with Crippen molar-refractivity contribution in [1.82, 2.24) is 5.32 Å². The lowest BCUT2D eigenvalue weighted by Gasteiger charge is -2.29. The zero-order chi connectivity index (χ0) is 17.1. The van der Waals surface area contributed by atoms with Crippen molar-refractivity contribution in [2.45, 2.75) is 13.8 Å². The third kappa shape index (κ3) is 3.23. The quantitative estimate of drug-likeness (QED) is 0.698. The number of nitrogens with zero attached hydrogens (tertiary/aromatic N) is 1. The first-order chi connectivity index (χ1) is 11.6. The summed E-state index contributed by atoms with van der Waals surface area (Å²) in [5, 5.41) is 3.05. The number of ketones is 1. The third-order valence-electron chi connectivity index (χ3n) is 4.12. The van der Waals surface area contributed by atoms with Crippen LogP contribution in [0.2, 0.25) is 0 Å². The molecule has 0 aromatic heterocycles. The van der Waals surface area contributed by atoms with Gasteiger partial charge in [-0.1, -0.05) is 42.0 Å². The van der Waals surface area contributed by atoms with Gasteiger partial charge < -0.3 is 10.2 Å². The molecule has 122 valence electrons. The highest BCUT2D eigenvalue weighted by Crippen LogP contribution is 2.18. The number of amides is 1. The van der Waals surface area contributed by atoms with Crippen LogP contribution >= 0.6 is 0 Å². The third-order valence-corrected chi connectivity index (χ3v) is 4.12. The molecular formula is C20H20N2O2. The molecule has 0 atom stereocenters. The number of carbonyl (C=O) groups is 2. The molecule has 1 aliphatic heterocycles. The molecule has 1 amide bonds. The predicted octanol–water partition coefficient (Wildman–Crippen LogP) is 3.01. The summed E-state index contributed by atoms with van der Waals surface area (Å²) in [4.78, 5) is 26.9. The van der Waals surface area contributed by atoms with E-state index in [1.54, 1.807) is 4.90 Å². The second-order valence-corrected chi connectivity index (χ2v) is 5.96. The summed E-state index contributed by atoms with van der Waals surface area (Å²) >= 11 is 0. The monoisotopic (exact) mass is 320 g/mol. The van der Waals surface area contributed by atoms with Crippen LogP contribution in [0.3, 0.4) is 0 Å². The number of hydrogen-bond donors (Lipinski definition) is 1. The Hall–Kier alpha value is -2.88. The summed E-state index contributed by atoms with van der Waals surface area (Å²) in [5.41, 5.74) is 3.84. The van der Waals surface area contributed by atoms with Crippen LogP contribution in [0.25, 0.3) is 0 Å². The van der Waals surface area contributed by atoms with Crippen molar-refractivity contribution in [2.75, 3.05) is 18.0 Å². The van der Waals surface area contributed by atoms with E-state index in [-0.39, 0.29) is 11.7 Å². The van der Waals surface area contributed by atoms with Crippen molar-refractivity contribution in [3.05, 3.63) is 77.0 Å². The van der Waals surface area contributed by atoms with E-state index < -0.39 is 0 Å². The second-order valence-electron chi connectivity index (χ2n) is 5.96. The Morgan fingerprint density at radius 3 is 2.58 bits per heavy atom. The van der Waals surface area contributed by atoms with Crippen molar-refractivity contribution < 1.29 is 9.59 Å². The van der Waals surface area contributed by atoms with Gasteiger partial charge >= 0.3 is 0 Å². The molecule has 3 rings (SSSR count). The molecule has 4 heteroatoms. The Balaban J connectivity index is 1.86. The fourth-order valence-electron chi connectivity index (χ4n) is 2.89. The molecule has 0 bridgehead atoms. The maximum absolute atomic E-state index is 12.7. The van der Waals surface area contributed by atoms with Gasteiger partial charge in [-0.2, -0.15) is 0 Å². The van der Waals surface area contributed by atoms with Crippen molar-refractivity contribution >= 4 is 17.4 Å². The lowest BCUT2D eigenvalue weighted by Crippen LogP contribution is -2.46. The fraction of sp³-hybridized carbons (Fsp3) is 0.200. The molecule has 0 radical (unpaired) electrons. The molecular weight excluding hydrogens is 300 g/mol. The van der Waals surface area contributed by atoms with Gasteiger partial charge in [0, 0.05) is 30.4 Å². The zero-order valence-electron chi connectivity index (χ0n) is 13.9. The van der Waals surface area contributed by atoms with E-state index in [0.29, 0.717) is 24.4 Å². The summed E-state index contributed by atoms with van der Waals surface area (Å²) in [6.07, 6.45) is 1.41. The highest BCUT2D eigenvalue weighted by atomic mass is 16.2. The van der Waals surface area contributed by atoms with E-state index in [4.69, 9.17) is 0 Å². The minimum atomic E-state index is -0.175. The summed E-state index contributed by atoms with van der Waals surface area (Å²) in [5.74, 6) is -0.330. The van der Waals surface area contributed by atoms with Crippen LogP contribution in [0.4, 0.5) is 5.69 Å². The topological polar surface area (TPSA) is 49.4 Å². The van der Waals surface area contributed by atoms with E-state index in [1.807, 2.05) is 62.4 Å². The van der Waals surface area contributed by atoms with E-state index in [9.17, 15) is 9.59 Å². The average Bonchev–Trinajstić information content (AvgIpc) is 2.57. The number of anilines is 1. The van der Waals surface area contributed by atoms with Crippen LogP contribution in [-0.4, -0.2) is 24.8 Å². The summed E-state index contributed by atoms with van der Waals surface area (Å²) < 4.78 is 0. The lowest BCUT2D eigenvalue weighted by atomic mass is 10.0. The number of aryl methyl sites for hydroxylation is 2. The van der Waals surface area contributed by atoms with Gasteiger partial charge in [0.05, 0.1) is 0 Å². The molecule has 2 aromatic carbocycles. The molecule has 0 saturated carbocycles. The largest absolute Gasteiger partial charge is 0.379 e. The molecule has 1 saturated heterocycles. The summed E-state index contributed by atoms with van der Waals surface area (Å²) in [6.45, 7) is 5.10. The van der Waals surface area contributed by atoms with Gasteiger partial charge in [0.2, 0.25) is 0 Å². The van der Waals surface area contributed by atoms with E-state index in [1.165, 1.54) is 6.08 Å². The maximum Gasteiger partial charge on any atom is 0.274 e. The first-order valence-corrected chi connectivity index (χ1v) is 8.00. The molecule has 2 aromatic rings. The minimum absolute atomic E-state index is 0.154. The molecule has 1 N–H and O–H groups in total. The Morgan fingerprint density at radius 2 is 1.88 bits per heavy atom. The molecule has 4 nitrogen and oxygen atoms in total. The maximum atomic E-state index is 12.7. The van der Waals surface area contributed by atoms with Crippen molar-refractivity contribution in [2.24, 2.45) is 0 Å². The van der Waals surface area contributed by atoms with E-state index in [2.05, 4.69) is 5.32 Å². The van der Waals surface area contributed by atoms with Crippen molar-refractivity contribution in [3.8, 4) is 0 Å². The Morgan fingerprint density at radius 1 is 1.12 bits per heavy atom. The number of hydrogen-bond acceptors (Lipinski definition) is 3. The number of carbonyl (C=O) groups excluding carboxylic acids is 2. The molecule has 0 aliphatic carbocycles. The highest BCUT2D eigenvalue weighted by Gasteiger charge is 2.25. The van der Waals surface area contributed by atoms with Gasteiger partial charge in [0.15, 0.2) is 5.78 Å². The second kappa shape index (κ2) is 6.71. The number of allylic oxidation sites excluding steroid dienone is 1. The molecule has 1 fully saturated rings. The molecule has 1 heterocycles. The van der Waals surface area contributed by atoms with Gasteiger partial charge in [-0.3, -0.25) is 9.59 Å². The smallest absolute Gasteiger partial charge is 0.274 e. The van der Waals surface area contributed by atoms with Crippen LogP contribution in [0.15, 0.2) is 60.3 Å². The van der Waals surface area contributed by atoms with Gasteiger partial charge in [-0.15, -0.1) is 0 Å². The molecule has 24 heavy (non-hydrogen) atoms. The predicted molar refractivity (Wildman–Crippen MR) is 95.1 cm³/mol. The fourth-order valence-corrected chi connectivity index (χ4v) is 2.89. The minimum Gasteiger partial charge on any atom is -0.379 e. The van der Waals surface area contributed by atoms with Crippen LogP contribution in [-0.2, 0) is 4.79 Å². The van der Waals surface area contributed by atoms with Crippen LogP contribution < -0.4 is 10.2 Å². The highest BCUT2D eigenvalue weighted by molar-refractivity contribution is 6.13. The van der Waals surface area contributed by atoms with Gasteiger partial charge in [0.1, 0.15) is 5.70 Å². The molecule has 0 spiro atoms. The van der Waals surface area contributed by atoms with Crippen LogP contribution in [0, 0.1) is 13.8 Å². The number of nitrogens with one attached hydrogen (secondary N) is 1. The van der Waals surface area contributed by atoms with Crippen molar-refractivity contribution in [1.29, 1.82) is 0 Å². The normalized spacial score (nSPS) is 16.2. The Kier molecular flexibility index (Phi) is 4.47. The van der Waals surface area contributed by atoms with Gasteiger partial charge in [-0.25, -0.2) is 0 Å². The SMILES string of the molecule is Cc1ccc(C(=O)/C=C2/NCCN(c3ccccc3)C2=O)c(C)c1.